The second-order valence-corrected chi connectivity index (χ2v) is 3.71. The number of alkyl halides is 1. The molecule has 0 saturated heterocycles. The van der Waals surface area contributed by atoms with Gasteiger partial charge in [0.1, 0.15) is 5.82 Å². The molecule has 1 N–H and O–H groups in total. The first-order chi connectivity index (χ1) is 7.63. The number of rotatable bonds is 5. The molecule has 16 heavy (non-hydrogen) atoms. The van der Waals surface area contributed by atoms with Gasteiger partial charge >= 0.3 is 0 Å². The van der Waals surface area contributed by atoms with E-state index in [9.17, 15) is 8.78 Å². The van der Waals surface area contributed by atoms with E-state index in [0.29, 0.717) is 12.3 Å². The number of nitrogens with one attached hydrogen (secondary N) is 1. The molecule has 1 aromatic carbocycles. The van der Waals surface area contributed by atoms with Gasteiger partial charge in [-0.1, -0.05) is 0 Å². The lowest BCUT2D eigenvalue weighted by atomic mass is 10.0. The highest BCUT2D eigenvalue weighted by Crippen LogP contribution is 2.27. The van der Waals surface area contributed by atoms with E-state index < -0.39 is 11.6 Å². The lowest BCUT2D eigenvalue weighted by Gasteiger charge is -2.16. The van der Waals surface area contributed by atoms with Crippen LogP contribution in [0.4, 0.5) is 8.78 Å². The predicted molar refractivity (Wildman–Crippen MR) is 60.0 cm³/mol. The molecule has 0 aliphatic rings. The number of methoxy groups -OCH3 is 1. The molecule has 90 valence electrons. The normalized spacial score (nSPS) is 12.6. The Labute approximate surface area is 98.6 Å². The van der Waals surface area contributed by atoms with Crippen LogP contribution in [0.25, 0.3) is 0 Å². The fraction of sp³-hybridized carbons (Fsp3) is 0.455. The highest BCUT2D eigenvalue weighted by molar-refractivity contribution is 6.17. The van der Waals surface area contributed by atoms with Crippen LogP contribution in [0.15, 0.2) is 12.1 Å². The van der Waals surface area contributed by atoms with E-state index in [4.69, 9.17) is 16.3 Å². The van der Waals surface area contributed by atoms with Crippen molar-refractivity contribution in [3.63, 3.8) is 0 Å². The zero-order chi connectivity index (χ0) is 12.1. The topological polar surface area (TPSA) is 21.3 Å². The summed E-state index contributed by atoms with van der Waals surface area (Å²) < 4.78 is 31.8. The smallest absolute Gasteiger partial charge is 0.165 e. The molecule has 1 aromatic rings. The van der Waals surface area contributed by atoms with Crippen LogP contribution in [-0.4, -0.2) is 20.0 Å². The zero-order valence-electron chi connectivity index (χ0n) is 9.19. The third-order valence-electron chi connectivity index (χ3n) is 2.39. The molecule has 0 spiro atoms. The summed E-state index contributed by atoms with van der Waals surface area (Å²) in [7, 11) is 2.98. The maximum Gasteiger partial charge on any atom is 0.165 e. The standard InChI is InChI=1S/C11H14ClF2NO/c1-15-10(3-4-12)7-5-9(14)11(16-2)6-8(7)13/h5-6,10,15H,3-4H2,1-2H3. The second-order valence-electron chi connectivity index (χ2n) is 3.33. The van der Waals surface area contributed by atoms with Crippen molar-refractivity contribution in [2.24, 2.45) is 0 Å². The van der Waals surface area contributed by atoms with Crippen LogP contribution >= 0.6 is 11.6 Å². The number of halogens is 3. The summed E-state index contributed by atoms with van der Waals surface area (Å²) >= 11 is 5.59. The van der Waals surface area contributed by atoms with Crippen LogP contribution < -0.4 is 10.1 Å². The molecule has 5 heteroatoms. The van der Waals surface area contributed by atoms with Crippen LogP contribution in [-0.2, 0) is 0 Å². The van der Waals surface area contributed by atoms with E-state index in [-0.39, 0.29) is 17.4 Å². The molecule has 0 radical (unpaired) electrons. The van der Waals surface area contributed by atoms with Crippen LogP contribution in [0.3, 0.4) is 0 Å². The van der Waals surface area contributed by atoms with Gasteiger partial charge in [0.15, 0.2) is 11.6 Å². The van der Waals surface area contributed by atoms with Gasteiger partial charge < -0.3 is 10.1 Å². The monoisotopic (exact) mass is 249 g/mol. The summed E-state index contributed by atoms with van der Waals surface area (Å²) in [5.41, 5.74) is 0.265. The molecule has 0 aliphatic carbocycles. The first-order valence-electron chi connectivity index (χ1n) is 4.90. The highest BCUT2D eigenvalue weighted by atomic mass is 35.5. The Bertz CT molecular complexity index is 360. The number of ether oxygens (including phenoxy) is 1. The Hall–Kier alpha value is -0.870. The predicted octanol–water partition coefficient (Wildman–Crippen LogP) is 2.86. The van der Waals surface area contributed by atoms with Crippen LogP contribution in [0.1, 0.15) is 18.0 Å². The minimum absolute atomic E-state index is 0.0954. The Morgan fingerprint density at radius 3 is 2.56 bits per heavy atom. The van der Waals surface area contributed by atoms with Crippen LogP contribution in [0.2, 0.25) is 0 Å². The van der Waals surface area contributed by atoms with Gasteiger partial charge in [-0.3, -0.25) is 0 Å². The maximum absolute atomic E-state index is 13.6. The molecule has 1 rings (SSSR count). The Morgan fingerprint density at radius 1 is 1.38 bits per heavy atom. The van der Waals surface area contributed by atoms with Gasteiger partial charge in [-0.15, -0.1) is 11.6 Å². The summed E-state index contributed by atoms with van der Waals surface area (Å²) in [4.78, 5) is 0. The maximum atomic E-state index is 13.6. The highest BCUT2D eigenvalue weighted by Gasteiger charge is 2.17. The van der Waals surface area contributed by atoms with Gasteiger partial charge in [0.25, 0.3) is 0 Å². The molecule has 0 aliphatic heterocycles. The Morgan fingerprint density at radius 2 is 2.06 bits per heavy atom. The molecule has 1 unspecified atom stereocenters. The summed E-state index contributed by atoms with van der Waals surface area (Å²) in [6, 6.07) is 1.89. The van der Waals surface area contributed by atoms with Crippen molar-refractivity contribution in [1.82, 2.24) is 5.32 Å². The van der Waals surface area contributed by atoms with Crippen molar-refractivity contribution in [2.45, 2.75) is 12.5 Å². The van der Waals surface area contributed by atoms with Crippen molar-refractivity contribution < 1.29 is 13.5 Å². The molecule has 0 amide bonds. The molecule has 1 atom stereocenters. The van der Waals surface area contributed by atoms with E-state index >= 15 is 0 Å². The molecular weight excluding hydrogens is 236 g/mol. The van der Waals surface area contributed by atoms with Gasteiger partial charge in [0, 0.05) is 23.6 Å². The van der Waals surface area contributed by atoms with Crippen molar-refractivity contribution in [3.8, 4) is 5.75 Å². The number of hydrogen-bond donors (Lipinski definition) is 1. The largest absolute Gasteiger partial charge is 0.494 e. The molecular formula is C11H14ClF2NO. The third kappa shape index (κ3) is 2.83. The fourth-order valence-electron chi connectivity index (χ4n) is 1.53. The molecule has 0 aromatic heterocycles. The summed E-state index contributed by atoms with van der Waals surface area (Å²) in [6.45, 7) is 0. The van der Waals surface area contributed by atoms with Gasteiger partial charge in [-0.05, 0) is 19.5 Å². The van der Waals surface area contributed by atoms with Gasteiger partial charge in [0.05, 0.1) is 7.11 Å². The molecule has 2 nitrogen and oxygen atoms in total. The van der Waals surface area contributed by atoms with Crippen molar-refractivity contribution >= 4 is 11.6 Å². The van der Waals surface area contributed by atoms with Gasteiger partial charge in [-0.25, -0.2) is 8.78 Å². The summed E-state index contributed by atoms with van der Waals surface area (Å²) in [6.07, 6.45) is 0.529. The van der Waals surface area contributed by atoms with E-state index in [2.05, 4.69) is 5.32 Å². The minimum atomic E-state index is -0.575. The number of benzene rings is 1. The average molecular weight is 250 g/mol. The third-order valence-corrected chi connectivity index (χ3v) is 2.61. The minimum Gasteiger partial charge on any atom is -0.494 e. The van der Waals surface area contributed by atoms with Crippen molar-refractivity contribution in [2.75, 3.05) is 20.0 Å². The molecule has 0 heterocycles. The molecule has 0 fully saturated rings. The van der Waals surface area contributed by atoms with E-state index in [1.54, 1.807) is 7.05 Å². The fourth-order valence-corrected chi connectivity index (χ4v) is 1.75. The first-order valence-corrected chi connectivity index (χ1v) is 5.43. The zero-order valence-corrected chi connectivity index (χ0v) is 9.94. The summed E-state index contributed by atoms with van der Waals surface area (Å²) in [5, 5.41) is 2.89. The van der Waals surface area contributed by atoms with Crippen molar-refractivity contribution in [1.29, 1.82) is 0 Å². The van der Waals surface area contributed by atoms with Crippen LogP contribution in [0.5, 0.6) is 5.75 Å². The quantitative estimate of drug-likeness (QED) is 0.811. The lowest BCUT2D eigenvalue weighted by Crippen LogP contribution is -2.18. The van der Waals surface area contributed by atoms with Gasteiger partial charge in [0.2, 0.25) is 0 Å². The van der Waals surface area contributed by atoms with E-state index in [1.165, 1.54) is 7.11 Å². The van der Waals surface area contributed by atoms with Crippen molar-refractivity contribution in [3.05, 3.63) is 29.3 Å². The molecule has 0 bridgehead atoms. The van der Waals surface area contributed by atoms with Crippen LogP contribution in [0, 0.1) is 11.6 Å². The SMILES string of the molecule is CNC(CCCl)c1cc(F)c(OC)cc1F. The Kier molecular flexibility index (Phi) is 4.96. The van der Waals surface area contributed by atoms with E-state index in [0.717, 1.165) is 12.1 Å². The van der Waals surface area contributed by atoms with Gasteiger partial charge in [-0.2, -0.15) is 0 Å². The average Bonchev–Trinajstić information content (AvgIpc) is 2.28. The first kappa shape index (κ1) is 13.2. The number of hydrogen-bond acceptors (Lipinski definition) is 2. The van der Waals surface area contributed by atoms with E-state index in [1.807, 2.05) is 0 Å². The second kappa shape index (κ2) is 6.01. The molecule has 0 saturated carbocycles. The summed E-state index contributed by atoms with van der Waals surface area (Å²) in [5.74, 6) is -0.795. The Balaban J connectivity index is 3.08. The lowest BCUT2D eigenvalue weighted by molar-refractivity contribution is 0.380.